The van der Waals surface area contributed by atoms with E-state index in [1.54, 1.807) is 18.5 Å². The maximum Gasteiger partial charge on any atom is 0.291 e. The molecule has 0 bridgehead atoms. The van der Waals surface area contributed by atoms with Gasteiger partial charge < -0.3 is 4.74 Å². The lowest BCUT2D eigenvalue weighted by atomic mass is 10.4. The van der Waals surface area contributed by atoms with E-state index in [9.17, 15) is 10.1 Å². The molecule has 5 nitrogen and oxygen atoms in total. The molecule has 1 heterocycles. The van der Waals surface area contributed by atoms with Gasteiger partial charge in [-0.05, 0) is 7.05 Å². The smallest absolute Gasteiger partial charge is 0.291 e. The second-order valence-electron chi connectivity index (χ2n) is 2.15. The van der Waals surface area contributed by atoms with Crippen LogP contribution in [0.3, 0.4) is 0 Å². The Kier molecular flexibility index (Phi) is 2.18. The lowest BCUT2D eigenvalue weighted by Gasteiger charge is -2.24. The maximum atomic E-state index is 10.2. The Balaban J connectivity index is 2.47. The summed E-state index contributed by atoms with van der Waals surface area (Å²) in [7, 11) is 1.68. The number of hydrogen-bond donors (Lipinski definition) is 0. The molecule has 0 saturated carbocycles. The summed E-state index contributed by atoms with van der Waals surface area (Å²) in [4.78, 5) is 11.4. The first kappa shape index (κ1) is 7.43. The van der Waals surface area contributed by atoms with Gasteiger partial charge >= 0.3 is 0 Å². The van der Waals surface area contributed by atoms with Crippen molar-refractivity contribution in [3.05, 3.63) is 16.7 Å². The summed E-state index contributed by atoms with van der Waals surface area (Å²) in [5, 5.41) is 10.2. The largest absolute Gasteiger partial charge is 0.371 e. The van der Waals surface area contributed by atoms with E-state index in [2.05, 4.69) is 0 Å². The van der Waals surface area contributed by atoms with Crippen LogP contribution >= 0.6 is 0 Å². The molecule has 1 aliphatic rings. The van der Waals surface area contributed by atoms with Crippen molar-refractivity contribution in [2.45, 2.75) is 6.17 Å². The van der Waals surface area contributed by atoms with Crippen LogP contribution in [0.25, 0.3) is 0 Å². The third kappa shape index (κ3) is 1.43. The number of likely N-dealkylation sites (N-methyl/N-ethyl adjacent to an activating group) is 1. The summed E-state index contributed by atoms with van der Waals surface area (Å²) < 4.78 is 4.87. The van der Waals surface area contributed by atoms with Gasteiger partial charge in [0.1, 0.15) is 6.61 Å². The van der Waals surface area contributed by atoms with E-state index in [4.69, 9.17) is 4.74 Å². The van der Waals surface area contributed by atoms with Crippen LogP contribution in [-0.2, 0) is 4.74 Å². The quantitative estimate of drug-likeness (QED) is 0.376. The lowest BCUT2D eigenvalue weighted by Crippen LogP contribution is -2.44. The Morgan fingerprint density at radius 1 is 1.90 bits per heavy atom. The first-order chi connectivity index (χ1) is 4.72. The van der Waals surface area contributed by atoms with Gasteiger partial charge in [-0.1, -0.05) is 0 Å². The summed E-state index contributed by atoms with van der Waals surface area (Å²) in [5.41, 5.74) is 0. The normalized spacial score (nSPS) is 28.3. The predicted octanol–water partition coefficient (Wildman–Crippen LogP) is -0.287. The molecule has 0 aromatic heterocycles. The van der Waals surface area contributed by atoms with Crippen molar-refractivity contribution in [1.82, 2.24) is 4.90 Å². The molecule has 1 fully saturated rings. The van der Waals surface area contributed by atoms with Crippen LogP contribution in [0, 0.1) is 16.7 Å². The van der Waals surface area contributed by atoms with Crippen molar-refractivity contribution in [3.63, 3.8) is 0 Å². The van der Waals surface area contributed by atoms with Crippen LogP contribution in [0.5, 0.6) is 0 Å². The van der Waals surface area contributed by atoms with Gasteiger partial charge in [0.15, 0.2) is 0 Å². The summed E-state index contributed by atoms with van der Waals surface area (Å²) >= 11 is 0. The van der Waals surface area contributed by atoms with Gasteiger partial charge in [0, 0.05) is 4.92 Å². The van der Waals surface area contributed by atoms with Crippen LogP contribution in [-0.4, -0.2) is 36.3 Å². The highest BCUT2D eigenvalue weighted by Crippen LogP contribution is 2.06. The molecular formula is C5H9N2O3. The second-order valence-corrected chi connectivity index (χ2v) is 2.15. The number of nitro groups is 1. The van der Waals surface area contributed by atoms with Gasteiger partial charge in [0.25, 0.3) is 6.17 Å². The first-order valence-corrected chi connectivity index (χ1v) is 2.98. The highest BCUT2D eigenvalue weighted by molar-refractivity contribution is 4.71. The molecule has 1 aliphatic heterocycles. The molecule has 0 spiro atoms. The van der Waals surface area contributed by atoms with Gasteiger partial charge in [-0.25, -0.2) is 4.90 Å². The summed E-state index contributed by atoms with van der Waals surface area (Å²) in [6.07, 6.45) is -0.700. The Labute approximate surface area is 58.7 Å². The van der Waals surface area contributed by atoms with E-state index in [0.717, 1.165) is 0 Å². The van der Waals surface area contributed by atoms with Gasteiger partial charge in [-0.3, -0.25) is 10.1 Å². The molecule has 5 heteroatoms. The minimum Gasteiger partial charge on any atom is -0.371 e. The number of nitrogens with zero attached hydrogens (tertiary/aromatic N) is 2. The molecule has 1 rings (SSSR count). The number of rotatable bonds is 1. The maximum absolute atomic E-state index is 10.2. The van der Waals surface area contributed by atoms with Crippen LogP contribution in [0.1, 0.15) is 0 Å². The Morgan fingerprint density at radius 2 is 2.60 bits per heavy atom. The van der Waals surface area contributed by atoms with Crippen LogP contribution in [0.4, 0.5) is 0 Å². The van der Waals surface area contributed by atoms with E-state index < -0.39 is 6.17 Å². The minimum absolute atomic E-state index is 0.181. The fraction of sp³-hybridized carbons (Fsp3) is 0.800. The average Bonchev–Trinajstić information content (AvgIpc) is 1.88. The highest BCUT2D eigenvalue weighted by Gasteiger charge is 2.28. The SMILES string of the molecule is CN1[CH]COCC1[N+](=O)[O-]. The first-order valence-electron chi connectivity index (χ1n) is 2.98. The number of hydrogen-bond acceptors (Lipinski definition) is 4. The zero-order valence-electron chi connectivity index (χ0n) is 5.69. The van der Waals surface area contributed by atoms with Crippen molar-refractivity contribution in [2.75, 3.05) is 20.3 Å². The predicted molar refractivity (Wildman–Crippen MR) is 33.7 cm³/mol. The molecule has 1 atom stereocenters. The van der Waals surface area contributed by atoms with Crippen molar-refractivity contribution < 1.29 is 9.66 Å². The Hall–Kier alpha value is -0.680. The number of morpholine rings is 1. The van der Waals surface area contributed by atoms with Gasteiger partial charge in [-0.2, -0.15) is 0 Å². The van der Waals surface area contributed by atoms with Crippen molar-refractivity contribution in [3.8, 4) is 0 Å². The molecule has 10 heavy (non-hydrogen) atoms. The summed E-state index contributed by atoms with van der Waals surface area (Å²) in [5.74, 6) is 0. The van der Waals surface area contributed by atoms with E-state index in [-0.39, 0.29) is 11.5 Å². The molecular weight excluding hydrogens is 136 g/mol. The third-order valence-electron chi connectivity index (χ3n) is 1.46. The van der Waals surface area contributed by atoms with E-state index in [1.165, 1.54) is 0 Å². The molecule has 0 amide bonds. The topological polar surface area (TPSA) is 55.6 Å². The zero-order valence-corrected chi connectivity index (χ0v) is 5.69. The standard InChI is InChI=1S/C5H9N2O3/c1-6-2-3-10-4-5(6)7(8)9/h2,5H,3-4H2,1H3. The average molecular weight is 145 g/mol. The highest BCUT2D eigenvalue weighted by atomic mass is 16.6. The van der Waals surface area contributed by atoms with Crippen molar-refractivity contribution in [2.24, 2.45) is 0 Å². The summed E-state index contributed by atoms with van der Waals surface area (Å²) in [6.45, 7) is 2.32. The van der Waals surface area contributed by atoms with Gasteiger partial charge in [-0.15, -0.1) is 0 Å². The fourth-order valence-electron chi connectivity index (χ4n) is 0.793. The molecule has 57 valence electrons. The summed E-state index contributed by atoms with van der Waals surface area (Å²) in [6, 6.07) is 0. The fourth-order valence-corrected chi connectivity index (χ4v) is 0.793. The Morgan fingerprint density at radius 3 is 3.00 bits per heavy atom. The minimum atomic E-state index is -0.700. The number of ether oxygens (including phenoxy) is 1. The van der Waals surface area contributed by atoms with Crippen molar-refractivity contribution >= 4 is 0 Å². The zero-order chi connectivity index (χ0) is 7.56. The van der Waals surface area contributed by atoms with E-state index in [0.29, 0.717) is 6.61 Å². The van der Waals surface area contributed by atoms with E-state index in [1.807, 2.05) is 0 Å². The molecule has 1 saturated heterocycles. The van der Waals surface area contributed by atoms with Crippen molar-refractivity contribution in [1.29, 1.82) is 0 Å². The second kappa shape index (κ2) is 2.94. The van der Waals surface area contributed by atoms with Gasteiger partial charge in [0.05, 0.1) is 13.2 Å². The monoisotopic (exact) mass is 145 g/mol. The molecule has 0 aromatic rings. The van der Waals surface area contributed by atoms with Crippen LogP contribution < -0.4 is 0 Å². The Bertz CT molecular complexity index is 139. The molecule has 1 unspecified atom stereocenters. The molecule has 1 radical (unpaired) electrons. The molecule has 0 aromatic carbocycles. The van der Waals surface area contributed by atoms with Gasteiger partial charge in [0.2, 0.25) is 0 Å². The third-order valence-corrected chi connectivity index (χ3v) is 1.46. The molecule has 0 N–H and O–H groups in total. The van der Waals surface area contributed by atoms with E-state index >= 15 is 0 Å². The van der Waals surface area contributed by atoms with Crippen LogP contribution in [0.2, 0.25) is 0 Å². The molecule has 0 aliphatic carbocycles. The lowest BCUT2D eigenvalue weighted by molar-refractivity contribution is -0.555. The van der Waals surface area contributed by atoms with Crippen LogP contribution in [0.15, 0.2) is 0 Å².